The number of nitrogens with one attached hydrogen (secondary N) is 1. The van der Waals surface area contributed by atoms with Crippen molar-refractivity contribution in [3.05, 3.63) is 29.8 Å². The van der Waals surface area contributed by atoms with E-state index in [9.17, 15) is 4.79 Å². The minimum Gasteiger partial charge on any atom is -0.359 e. The van der Waals surface area contributed by atoms with Crippen molar-refractivity contribution >= 4 is 28.3 Å². The molecule has 1 aliphatic heterocycles. The highest BCUT2D eigenvalue weighted by atomic mass is 16.1. The van der Waals surface area contributed by atoms with Crippen molar-refractivity contribution in [3.63, 3.8) is 0 Å². The minimum atomic E-state index is -0.0388. The zero-order chi connectivity index (χ0) is 12.7. The van der Waals surface area contributed by atoms with Crippen molar-refractivity contribution in [2.75, 3.05) is 23.8 Å². The summed E-state index contributed by atoms with van der Waals surface area (Å²) in [4.78, 5) is 18.2. The molecule has 4 heteroatoms. The summed E-state index contributed by atoms with van der Waals surface area (Å²) in [6.07, 6.45) is 0.930. The topological polar surface area (TPSA) is 45.2 Å². The van der Waals surface area contributed by atoms with E-state index in [0.29, 0.717) is 0 Å². The molecule has 0 unspecified atom stereocenters. The van der Waals surface area contributed by atoms with Gasteiger partial charge in [0.1, 0.15) is 5.82 Å². The Morgan fingerprint density at radius 3 is 2.94 bits per heavy atom. The number of aromatic nitrogens is 1. The van der Waals surface area contributed by atoms with E-state index in [-0.39, 0.29) is 5.91 Å². The Labute approximate surface area is 106 Å². The van der Waals surface area contributed by atoms with Crippen molar-refractivity contribution < 1.29 is 4.79 Å². The van der Waals surface area contributed by atoms with Crippen molar-refractivity contribution in [1.29, 1.82) is 0 Å². The smallest absolute Gasteiger partial charge is 0.221 e. The number of hydrogen-bond donors (Lipinski definition) is 1. The Balaban J connectivity index is 2.31. The van der Waals surface area contributed by atoms with E-state index in [2.05, 4.69) is 15.2 Å². The lowest BCUT2D eigenvalue weighted by Crippen LogP contribution is -2.14. The molecule has 2 aromatic rings. The second-order valence-corrected chi connectivity index (χ2v) is 4.66. The standard InChI is InChI=1S/C14H15N3O/c1-9(18)15-13-10-5-3-4-6-12(10)16-14-11(13)7-8-17(14)2/h3-6H,7-8H2,1-2H3,(H,15,16,18). The summed E-state index contributed by atoms with van der Waals surface area (Å²) in [6, 6.07) is 7.92. The highest BCUT2D eigenvalue weighted by Crippen LogP contribution is 2.36. The van der Waals surface area contributed by atoms with Crippen LogP contribution in [0.2, 0.25) is 0 Å². The first-order chi connectivity index (χ1) is 8.66. The number of likely N-dealkylation sites (N-methyl/N-ethyl adjacent to an activating group) is 1. The van der Waals surface area contributed by atoms with Gasteiger partial charge in [-0.15, -0.1) is 0 Å². The average molecular weight is 241 g/mol. The normalized spacial score (nSPS) is 13.8. The molecule has 0 atom stereocenters. The van der Waals surface area contributed by atoms with Gasteiger partial charge in [0.2, 0.25) is 5.91 Å². The van der Waals surface area contributed by atoms with Gasteiger partial charge in [0.25, 0.3) is 0 Å². The summed E-state index contributed by atoms with van der Waals surface area (Å²) in [6.45, 7) is 2.49. The fraction of sp³-hybridized carbons (Fsp3) is 0.286. The second-order valence-electron chi connectivity index (χ2n) is 4.66. The summed E-state index contributed by atoms with van der Waals surface area (Å²) in [5.74, 6) is 0.945. The molecule has 2 heterocycles. The fourth-order valence-electron chi connectivity index (χ4n) is 2.50. The van der Waals surface area contributed by atoms with E-state index in [1.807, 2.05) is 31.3 Å². The molecule has 0 saturated heterocycles. The van der Waals surface area contributed by atoms with Crippen LogP contribution in [0, 0.1) is 0 Å². The zero-order valence-corrected chi connectivity index (χ0v) is 10.5. The highest BCUT2D eigenvalue weighted by molar-refractivity contribution is 6.03. The molecule has 1 aromatic carbocycles. The number of para-hydroxylation sites is 1. The molecule has 18 heavy (non-hydrogen) atoms. The number of rotatable bonds is 1. The average Bonchev–Trinajstić information content (AvgIpc) is 2.71. The van der Waals surface area contributed by atoms with Crippen molar-refractivity contribution in [2.45, 2.75) is 13.3 Å². The number of anilines is 2. The van der Waals surface area contributed by atoms with Gasteiger partial charge in [-0.1, -0.05) is 18.2 Å². The van der Waals surface area contributed by atoms with Crippen molar-refractivity contribution in [2.24, 2.45) is 0 Å². The largest absolute Gasteiger partial charge is 0.359 e. The summed E-state index contributed by atoms with van der Waals surface area (Å²) in [5.41, 5.74) is 2.99. The molecule has 1 N–H and O–H groups in total. The van der Waals surface area contributed by atoms with Crippen LogP contribution in [-0.4, -0.2) is 24.5 Å². The molecule has 0 saturated carbocycles. The molecule has 1 aromatic heterocycles. The SMILES string of the molecule is CC(=O)Nc1c2c(nc3ccccc13)N(C)CC2. The number of pyridine rings is 1. The quantitative estimate of drug-likeness (QED) is 0.832. The van der Waals surface area contributed by atoms with Crippen LogP contribution >= 0.6 is 0 Å². The second kappa shape index (κ2) is 3.98. The van der Waals surface area contributed by atoms with E-state index in [4.69, 9.17) is 0 Å². The fourth-order valence-corrected chi connectivity index (χ4v) is 2.50. The van der Waals surface area contributed by atoms with E-state index >= 15 is 0 Å². The first kappa shape index (κ1) is 11.0. The van der Waals surface area contributed by atoms with E-state index in [1.54, 1.807) is 6.92 Å². The van der Waals surface area contributed by atoms with Crippen LogP contribution in [0.4, 0.5) is 11.5 Å². The molecule has 0 radical (unpaired) electrons. The molecular formula is C14H15N3O. The maximum Gasteiger partial charge on any atom is 0.221 e. The third kappa shape index (κ3) is 1.61. The van der Waals surface area contributed by atoms with Crippen LogP contribution < -0.4 is 10.2 Å². The predicted molar refractivity (Wildman–Crippen MR) is 73.0 cm³/mol. The molecule has 92 valence electrons. The lowest BCUT2D eigenvalue weighted by Gasteiger charge is -2.15. The van der Waals surface area contributed by atoms with Gasteiger partial charge in [0, 0.05) is 31.5 Å². The first-order valence-corrected chi connectivity index (χ1v) is 6.07. The maximum absolute atomic E-state index is 11.4. The molecule has 4 nitrogen and oxygen atoms in total. The molecule has 0 aliphatic carbocycles. The summed E-state index contributed by atoms with van der Waals surface area (Å²) < 4.78 is 0. The number of amides is 1. The molecule has 1 aliphatic rings. The van der Waals surface area contributed by atoms with Gasteiger partial charge in [-0.25, -0.2) is 4.98 Å². The minimum absolute atomic E-state index is 0.0388. The Morgan fingerprint density at radius 2 is 2.17 bits per heavy atom. The molecule has 3 rings (SSSR count). The van der Waals surface area contributed by atoms with Gasteiger partial charge >= 0.3 is 0 Å². The number of nitrogens with zero attached hydrogens (tertiary/aromatic N) is 2. The molecule has 1 amide bonds. The number of hydrogen-bond acceptors (Lipinski definition) is 3. The van der Waals surface area contributed by atoms with Crippen molar-refractivity contribution in [3.8, 4) is 0 Å². The lowest BCUT2D eigenvalue weighted by atomic mass is 10.1. The Bertz CT molecular complexity index is 636. The lowest BCUT2D eigenvalue weighted by molar-refractivity contribution is -0.114. The molecular weight excluding hydrogens is 226 g/mol. The molecule has 0 spiro atoms. The van der Waals surface area contributed by atoms with Crippen LogP contribution in [0.1, 0.15) is 12.5 Å². The number of carbonyl (C=O) groups is 1. The summed E-state index contributed by atoms with van der Waals surface area (Å²) in [7, 11) is 2.03. The number of fused-ring (bicyclic) bond motifs is 2. The molecule has 0 bridgehead atoms. The van der Waals surface area contributed by atoms with Crippen LogP contribution in [0.3, 0.4) is 0 Å². The third-order valence-electron chi connectivity index (χ3n) is 3.33. The van der Waals surface area contributed by atoms with Crippen LogP contribution in [-0.2, 0) is 11.2 Å². The van der Waals surface area contributed by atoms with Gasteiger partial charge in [-0.2, -0.15) is 0 Å². The Kier molecular flexibility index (Phi) is 2.44. The maximum atomic E-state index is 11.4. The summed E-state index contributed by atoms with van der Waals surface area (Å²) >= 11 is 0. The summed E-state index contributed by atoms with van der Waals surface area (Å²) in [5, 5.41) is 3.98. The molecule has 0 fully saturated rings. The number of benzene rings is 1. The van der Waals surface area contributed by atoms with Gasteiger partial charge in [0.05, 0.1) is 11.2 Å². The van der Waals surface area contributed by atoms with E-state index < -0.39 is 0 Å². The third-order valence-corrected chi connectivity index (χ3v) is 3.33. The van der Waals surface area contributed by atoms with Gasteiger partial charge in [0.15, 0.2) is 0 Å². The van der Waals surface area contributed by atoms with Gasteiger partial charge in [-0.05, 0) is 12.5 Å². The van der Waals surface area contributed by atoms with E-state index in [1.165, 1.54) is 0 Å². The monoisotopic (exact) mass is 241 g/mol. The van der Waals surface area contributed by atoms with Gasteiger partial charge in [-0.3, -0.25) is 4.79 Å². The predicted octanol–water partition coefficient (Wildman–Crippen LogP) is 2.19. The highest BCUT2D eigenvalue weighted by Gasteiger charge is 2.23. The number of carbonyl (C=O) groups excluding carboxylic acids is 1. The first-order valence-electron chi connectivity index (χ1n) is 6.07. The van der Waals surface area contributed by atoms with Crippen LogP contribution in [0.25, 0.3) is 10.9 Å². The van der Waals surface area contributed by atoms with E-state index in [0.717, 1.165) is 40.9 Å². The Morgan fingerprint density at radius 1 is 1.39 bits per heavy atom. The van der Waals surface area contributed by atoms with Crippen molar-refractivity contribution in [1.82, 2.24) is 4.98 Å². The van der Waals surface area contributed by atoms with Gasteiger partial charge < -0.3 is 10.2 Å². The zero-order valence-electron chi connectivity index (χ0n) is 10.5. The van der Waals surface area contributed by atoms with Crippen LogP contribution in [0.15, 0.2) is 24.3 Å². The Hall–Kier alpha value is -2.10. The van der Waals surface area contributed by atoms with Crippen LogP contribution in [0.5, 0.6) is 0 Å².